The zero-order valence-electron chi connectivity index (χ0n) is 16.4. The first-order valence-corrected chi connectivity index (χ1v) is 9.73. The molecule has 148 valence electrons. The van der Waals surface area contributed by atoms with Crippen LogP contribution in [0.25, 0.3) is 11.3 Å². The fraction of sp³-hybridized carbons (Fsp3) is 0.571. The molecule has 1 fully saturated rings. The van der Waals surface area contributed by atoms with Gasteiger partial charge in [-0.15, -0.1) is 0 Å². The van der Waals surface area contributed by atoms with Crippen molar-refractivity contribution >= 4 is 0 Å². The summed E-state index contributed by atoms with van der Waals surface area (Å²) in [5.74, 6) is 1.65. The second-order valence-electron chi connectivity index (χ2n) is 7.55. The minimum Gasteiger partial charge on any atom is -0.490 e. The van der Waals surface area contributed by atoms with Crippen molar-refractivity contribution in [3.63, 3.8) is 0 Å². The van der Waals surface area contributed by atoms with Crippen LogP contribution >= 0.6 is 0 Å². The highest BCUT2D eigenvalue weighted by Gasteiger charge is 2.29. The number of aliphatic hydroxyl groups is 1. The lowest BCUT2D eigenvalue weighted by molar-refractivity contribution is -0.167. The molecule has 3 rings (SSSR count). The van der Waals surface area contributed by atoms with Gasteiger partial charge < -0.3 is 24.8 Å². The number of rotatable bonds is 7. The van der Waals surface area contributed by atoms with Gasteiger partial charge in [-0.05, 0) is 70.7 Å². The van der Waals surface area contributed by atoms with Gasteiger partial charge in [0, 0.05) is 23.6 Å². The van der Waals surface area contributed by atoms with Crippen LogP contribution in [0.4, 0.5) is 0 Å². The van der Waals surface area contributed by atoms with Gasteiger partial charge in [0.15, 0.2) is 12.1 Å². The van der Waals surface area contributed by atoms with Gasteiger partial charge >= 0.3 is 0 Å². The van der Waals surface area contributed by atoms with Crippen molar-refractivity contribution in [3.05, 3.63) is 35.5 Å². The number of nitrogens with two attached hydrogens (primary N) is 1. The summed E-state index contributed by atoms with van der Waals surface area (Å²) in [5, 5.41) is 14.2. The standard InChI is InChI=1S/C21H30N2O4/c1-13(2)25-21(24)16-5-4-6-18(11-16)26-17-9-7-15(8-10-17)20-19(12-22)14(3)23-27-20/h7-10,13,16,18,21,24H,4-6,11-12,22H2,1-3H3/t16-,18-,21-/m0/s1. The van der Waals surface area contributed by atoms with E-state index in [4.69, 9.17) is 19.7 Å². The van der Waals surface area contributed by atoms with E-state index in [2.05, 4.69) is 5.16 Å². The van der Waals surface area contributed by atoms with E-state index in [1.807, 2.05) is 45.0 Å². The summed E-state index contributed by atoms with van der Waals surface area (Å²) in [5.41, 5.74) is 8.49. The summed E-state index contributed by atoms with van der Waals surface area (Å²) in [6.45, 7) is 6.16. The van der Waals surface area contributed by atoms with Crippen LogP contribution in [0.15, 0.2) is 28.8 Å². The lowest BCUT2D eigenvalue weighted by atomic mass is 9.86. The van der Waals surface area contributed by atoms with E-state index in [9.17, 15) is 5.11 Å². The maximum absolute atomic E-state index is 10.2. The molecule has 0 unspecified atom stereocenters. The van der Waals surface area contributed by atoms with Crippen LogP contribution in [0.3, 0.4) is 0 Å². The van der Waals surface area contributed by atoms with Crippen molar-refractivity contribution in [1.82, 2.24) is 5.16 Å². The third kappa shape index (κ3) is 4.89. The van der Waals surface area contributed by atoms with Crippen molar-refractivity contribution in [2.45, 2.75) is 71.5 Å². The van der Waals surface area contributed by atoms with Gasteiger partial charge in [-0.3, -0.25) is 0 Å². The maximum Gasteiger partial charge on any atom is 0.171 e. The summed E-state index contributed by atoms with van der Waals surface area (Å²) in [7, 11) is 0. The molecule has 27 heavy (non-hydrogen) atoms. The maximum atomic E-state index is 10.2. The molecule has 6 nitrogen and oxygen atoms in total. The van der Waals surface area contributed by atoms with E-state index in [1.165, 1.54) is 0 Å². The molecule has 6 heteroatoms. The molecule has 0 bridgehead atoms. The van der Waals surface area contributed by atoms with E-state index >= 15 is 0 Å². The van der Waals surface area contributed by atoms with Gasteiger partial charge in [-0.1, -0.05) is 5.16 Å². The van der Waals surface area contributed by atoms with Gasteiger partial charge in [0.1, 0.15) is 5.75 Å². The highest BCUT2D eigenvalue weighted by atomic mass is 16.6. The Balaban J connectivity index is 1.62. The number of ether oxygens (including phenoxy) is 2. The fourth-order valence-corrected chi connectivity index (χ4v) is 3.67. The van der Waals surface area contributed by atoms with Gasteiger partial charge in [-0.25, -0.2) is 0 Å². The molecule has 3 N–H and O–H groups in total. The van der Waals surface area contributed by atoms with Crippen molar-refractivity contribution < 1.29 is 19.1 Å². The monoisotopic (exact) mass is 374 g/mol. The average molecular weight is 374 g/mol. The lowest BCUT2D eigenvalue weighted by Crippen LogP contribution is -2.34. The molecule has 1 aliphatic rings. The molecule has 1 aromatic heterocycles. The molecule has 2 aromatic rings. The van der Waals surface area contributed by atoms with Gasteiger partial charge in [0.25, 0.3) is 0 Å². The summed E-state index contributed by atoms with van der Waals surface area (Å²) >= 11 is 0. The summed E-state index contributed by atoms with van der Waals surface area (Å²) in [6.07, 6.45) is 3.18. The van der Waals surface area contributed by atoms with E-state index in [1.54, 1.807) is 0 Å². The van der Waals surface area contributed by atoms with E-state index in [0.717, 1.165) is 48.3 Å². The van der Waals surface area contributed by atoms with E-state index in [0.29, 0.717) is 12.3 Å². The number of hydrogen-bond donors (Lipinski definition) is 2. The predicted molar refractivity (Wildman–Crippen MR) is 103 cm³/mol. The number of hydrogen-bond acceptors (Lipinski definition) is 6. The first-order chi connectivity index (χ1) is 13.0. The van der Waals surface area contributed by atoms with E-state index < -0.39 is 6.29 Å². The van der Waals surface area contributed by atoms with E-state index in [-0.39, 0.29) is 18.1 Å². The van der Waals surface area contributed by atoms with Crippen LogP contribution in [-0.2, 0) is 11.3 Å². The topological polar surface area (TPSA) is 90.7 Å². The average Bonchev–Trinajstić information content (AvgIpc) is 3.02. The zero-order valence-corrected chi connectivity index (χ0v) is 16.4. The first-order valence-electron chi connectivity index (χ1n) is 9.73. The van der Waals surface area contributed by atoms with Crippen LogP contribution in [0.1, 0.15) is 50.8 Å². The minimum absolute atomic E-state index is 0.0204. The largest absolute Gasteiger partial charge is 0.490 e. The van der Waals surface area contributed by atoms with Crippen LogP contribution in [-0.4, -0.2) is 28.8 Å². The Morgan fingerprint density at radius 3 is 2.67 bits per heavy atom. The quantitative estimate of drug-likeness (QED) is 0.717. The smallest absolute Gasteiger partial charge is 0.171 e. The third-order valence-electron chi connectivity index (χ3n) is 5.09. The minimum atomic E-state index is -0.719. The van der Waals surface area contributed by atoms with Crippen molar-refractivity contribution in [1.29, 1.82) is 0 Å². The number of aliphatic hydroxyl groups excluding tert-OH is 1. The van der Waals surface area contributed by atoms with Crippen LogP contribution in [0.2, 0.25) is 0 Å². The Kier molecular flexibility index (Phi) is 6.52. The molecule has 0 amide bonds. The number of aryl methyl sites for hydroxylation is 1. The van der Waals surface area contributed by atoms with Crippen molar-refractivity contribution in [3.8, 4) is 17.1 Å². The summed E-state index contributed by atoms with van der Waals surface area (Å²) in [6, 6.07) is 7.81. The van der Waals surface area contributed by atoms with Gasteiger partial charge in [-0.2, -0.15) is 0 Å². The second kappa shape index (κ2) is 8.87. The molecule has 1 saturated carbocycles. The molecule has 3 atom stereocenters. The van der Waals surface area contributed by atoms with Crippen molar-refractivity contribution in [2.24, 2.45) is 11.7 Å². The van der Waals surface area contributed by atoms with Crippen molar-refractivity contribution in [2.75, 3.05) is 0 Å². The number of aromatic nitrogens is 1. The third-order valence-corrected chi connectivity index (χ3v) is 5.09. The molecule has 1 aromatic carbocycles. The Labute approximate surface area is 160 Å². The zero-order chi connectivity index (χ0) is 19.4. The number of benzene rings is 1. The van der Waals surface area contributed by atoms with Crippen LogP contribution < -0.4 is 10.5 Å². The SMILES string of the molecule is Cc1noc(-c2ccc(O[C@H]3CCC[C@H]([C@@H](O)OC(C)C)C3)cc2)c1CN. The summed E-state index contributed by atoms with van der Waals surface area (Å²) < 4.78 is 17.1. The van der Waals surface area contributed by atoms with Crippen LogP contribution in [0, 0.1) is 12.8 Å². The molecule has 1 aliphatic carbocycles. The molecular formula is C21H30N2O4. The molecule has 0 radical (unpaired) electrons. The van der Waals surface area contributed by atoms with Gasteiger partial charge in [0.2, 0.25) is 0 Å². The Hall–Kier alpha value is -1.89. The summed E-state index contributed by atoms with van der Waals surface area (Å²) in [4.78, 5) is 0. The second-order valence-corrected chi connectivity index (χ2v) is 7.55. The highest BCUT2D eigenvalue weighted by Crippen LogP contribution is 2.32. The molecular weight excluding hydrogens is 344 g/mol. The fourth-order valence-electron chi connectivity index (χ4n) is 3.67. The molecule has 0 aliphatic heterocycles. The number of nitrogens with zero attached hydrogens (tertiary/aromatic N) is 1. The first kappa shape index (κ1) is 19.9. The molecule has 0 spiro atoms. The van der Waals surface area contributed by atoms with Crippen LogP contribution in [0.5, 0.6) is 5.75 Å². The molecule has 0 saturated heterocycles. The highest BCUT2D eigenvalue weighted by molar-refractivity contribution is 5.62. The Morgan fingerprint density at radius 1 is 1.26 bits per heavy atom. The lowest BCUT2D eigenvalue weighted by Gasteiger charge is -2.32. The van der Waals surface area contributed by atoms with Gasteiger partial charge in [0.05, 0.1) is 17.9 Å². The normalized spacial score (nSPS) is 21.4. The Bertz CT molecular complexity index is 726. The predicted octanol–water partition coefficient (Wildman–Crippen LogP) is 3.79. The molecule has 1 heterocycles. The Morgan fingerprint density at radius 2 is 2.00 bits per heavy atom.